The predicted octanol–water partition coefficient (Wildman–Crippen LogP) is 4.24. The number of ether oxygens (including phenoxy) is 1. The molecule has 0 aliphatic heterocycles. The third-order valence-corrected chi connectivity index (χ3v) is 2.82. The van der Waals surface area contributed by atoms with Gasteiger partial charge in [0.25, 0.3) is 6.43 Å². The van der Waals surface area contributed by atoms with Crippen LogP contribution in [0.5, 0.6) is 5.75 Å². The Kier molecular flexibility index (Phi) is 4.34. The highest BCUT2D eigenvalue weighted by molar-refractivity contribution is 5.46. The van der Waals surface area contributed by atoms with Gasteiger partial charge in [-0.15, -0.1) is 0 Å². The molecule has 0 aromatic heterocycles. The molecule has 0 spiro atoms. The Bertz CT molecular complexity index is 509. The summed E-state index contributed by atoms with van der Waals surface area (Å²) in [5.41, 5.74) is 1.96. The van der Waals surface area contributed by atoms with Crippen molar-refractivity contribution in [2.45, 2.75) is 13.0 Å². The molecule has 19 heavy (non-hydrogen) atoms. The number of methoxy groups -OCH3 is 1. The highest BCUT2D eigenvalue weighted by Crippen LogP contribution is 2.19. The largest absolute Gasteiger partial charge is 0.497 e. The van der Waals surface area contributed by atoms with Crippen molar-refractivity contribution in [3.05, 3.63) is 59.7 Å². The van der Waals surface area contributed by atoms with Crippen LogP contribution in [0, 0.1) is 0 Å². The Morgan fingerprint density at radius 3 is 2.16 bits per heavy atom. The fourth-order valence-electron chi connectivity index (χ4n) is 1.69. The van der Waals surface area contributed by atoms with E-state index < -0.39 is 6.43 Å². The SMILES string of the molecule is COc1ccc(NCc2ccc(C(F)F)cc2)cc1. The number of rotatable bonds is 5. The summed E-state index contributed by atoms with van der Waals surface area (Å²) >= 11 is 0. The number of alkyl halides is 2. The van der Waals surface area contributed by atoms with Crippen LogP contribution >= 0.6 is 0 Å². The monoisotopic (exact) mass is 263 g/mol. The van der Waals surface area contributed by atoms with Crippen LogP contribution in [0.3, 0.4) is 0 Å². The Balaban J connectivity index is 1.94. The van der Waals surface area contributed by atoms with E-state index in [0.717, 1.165) is 17.0 Å². The maximum atomic E-state index is 12.4. The van der Waals surface area contributed by atoms with E-state index in [1.807, 2.05) is 24.3 Å². The van der Waals surface area contributed by atoms with Crippen molar-refractivity contribution >= 4 is 5.69 Å². The van der Waals surface area contributed by atoms with Crippen LogP contribution in [0.15, 0.2) is 48.5 Å². The first-order valence-corrected chi connectivity index (χ1v) is 5.94. The van der Waals surface area contributed by atoms with E-state index in [1.54, 1.807) is 19.2 Å². The maximum absolute atomic E-state index is 12.4. The highest BCUT2D eigenvalue weighted by Gasteiger charge is 2.05. The smallest absolute Gasteiger partial charge is 0.263 e. The summed E-state index contributed by atoms with van der Waals surface area (Å²) in [5, 5.41) is 3.22. The number of hydrogen-bond donors (Lipinski definition) is 1. The second kappa shape index (κ2) is 6.18. The van der Waals surface area contributed by atoms with E-state index in [9.17, 15) is 8.78 Å². The lowest BCUT2D eigenvalue weighted by Gasteiger charge is -2.08. The van der Waals surface area contributed by atoms with Gasteiger partial charge in [-0.3, -0.25) is 0 Å². The fraction of sp³-hybridized carbons (Fsp3) is 0.200. The number of anilines is 1. The summed E-state index contributed by atoms with van der Waals surface area (Å²) in [7, 11) is 1.62. The lowest BCUT2D eigenvalue weighted by molar-refractivity contribution is 0.151. The molecule has 0 bridgehead atoms. The number of halogens is 2. The summed E-state index contributed by atoms with van der Waals surface area (Å²) in [4.78, 5) is 0. The number of hydrogen-bond acceptors (Lipinski definition) is 2. The van der Waals surface area contributed by atoms with Gasteiger partial charge in [-0.25, -0.2) is 8.78 Å². The van der Waals surface area contributed by atoms with Gasteiger partial charge >= 0.3 is 0 Å². The first kappa shape index (κ1) is 13.3. The molecule has 2 aromatic carbocycles. The first-order chi connectivity index (χ1) is 9.19. The molecule has 0 aliphatic rings. The molecule has 0 aliphatic carbocycles. The van der Waals surface area contributed by atoms with Crippen LogP contribution in [-0.4, -0.2) is 7.11 Å². The zero-order valence-electron chi connectivity index (χ0n) is 10.6. The summed E-state index contributed by atoms with van der Waals surface area (Å²) < 4.78 is 29.9. The van der Waals surface area contributed by atoms with Crippen LogP contribution in [0.25, 0.3) is 0 Å². The third-order valence-electron chi connectivity index (χ3n) is 2.82. The second-order valence-electron chi connectivity index (χ2n) is 4.12. The van der Waals surface area contributed by atoms with E-state index in [0.29, 0.717) is 6.54 Å². The molecule has 2 aromatic rings. The molecule has 0 fully saturated rings. The van der Waals surface area contributed by atoms with Gasteiger partial charge in [0, 0.05) is 17.8 Å². The van der Waals surface area contributed by atoms with Gasteiger partial charge in [0.15, 0.2) is 0 Å². The summed E-state index contributed by atoms with van der Waals surface area (Å²) in [5.74, 6) is 0.798. The Morgan fingerprint density at radius 2 is 1.63 bits per heavy atom. The molecular formula is C15H15F2NO. The Labute approximate surface area is 111 Å². The van der Waals surface area contributed by atoms with Gasteiger partial charge in [0.2, 0.25) is 0 Å². The van der Waals surface area contributed by atoms with Crippen molar-refractivity contribution in [3.8, 4) is 5.75 Å². The highest BCUT2D eigenvalue weighted by atomic mass is 19.3. The molecule has 4 heteroatoms. The van der Waals surface area contributed by atoms with E-state index in [2.05, 4.69) is 5.32 Å². The summed E-state index contributed by atoms with van der Waals surface area (Å²) in [6.07, 6.45) is -2.41. The van der Waals surface area contributed by atoms with Crippen LogP contribution in [-0.2, 0) is 6.54 Å². The lowest BCUT2D eigenvalue weighted by atomic mass is 10.1. The zero-order chi connectivity index (χ0) is 13.7. The minimum atomic E-state index is -2.41. The summed E-state index contributed by atoms with van der Waals surface area (Å²) in [6, 6.07) is 13.9. The molecule has 0 atom stereocenters. The van der Waals surface area contributed by atoms with E-state index in [1.165, 1.54) is 12.1 Å². The van der Waals surface area contributed by atoms with Crippen LogP contribution in [0.1, 0.15) is 17.6 Å². The molecule has 0 saturated carbocycles. The molecule has 1 N–H and O–H groups in total. The van der Waals surface area contributed by atoms with Crippen molar-refractivity contribution in [2.24, 2.45) is 0 Å². The first-order valence-electron chi connectivity index (χ1n) is 5.94. The fourth-order valence-corrected chi connectivity index (χ4v) is 1.69. The van der Waals surface area contributed by atoms with E-state index in [4.69, 9.17) is 4.74 Å². The average Bonchev–Trinajstić information content (AvgIpc) is 2.46. The molecule has 0 radical (unpaired) electrons. The van der Waals surface area contributed by atoms with Crippen molar-refractivity contribution < 1.29 is 13.5 Å². The zero-order valence-corrected chi connectivity index (χ0v) is 10.6. The van der Waals surface area contributed by atoms with Gasteiger partial charge in [0.05, 0.1) is 7.11 Å². The minimum Gasteiger partial charge on any atom is -0.497 e. The minimum absolute atomic E-state index is 0.0493. The van der Waals surface area contributed by atoms with Crippen LogP contribution in [0.4, 0.5) is 14.5 Å². The molecule has 2 rings (SSSR count). The average molecular weight is 263 g/mol. The number of nitrogens with one attached hydrogen (secondary N) is 1. The van der Waals surface area contributed by atoms with Crippen molar-refractivity contribution in [1.82, 2.24) is 0 Å². The lowest BCUT2D eigenvalue weighted by Crippen LogP contribution is -1.99. The van der Waals surface area contributed by atoms with Gasteiger partial charge in [0.1, 0.15) is 5.75 Å². The van der Waals surface area contributed by atoms with Gasteiger partial charge in [-0.1, -0.05) is 24.3 Å². The second-order valence-corrected chi connectivity index (χ2v) is 4.12. The molecular weight excluding hydrogens is 248 g/mol. The van der Waals surface area contributed by atoms with Crippen LogP contribution < -0.4 is 10.1 Å². The molecule has 0 saturated heterocycles. The topological polar surface area (TPSA) is 21.3 Å². The Morgan fingerprint density at radius 1 is 1.00 bits per heavy atom. The molecule has 100 valence electrons. The molecule has 0 heterocycles. The normalized spacial score (nSPS) is 10.5. The standard InChI is InChI=1S/C15H15F2NO/c1-19-14-8-6-13(7-9-14)18-10-11-2-4-12(5-3-11)15(16)17/h2-9,15,18H,10H2,1H3. The van der Waals surface area contributed by atoms with Crippen molar-refractivity contribution in [3.63, 3.8) is 0 Å². The molecule has 2 nitrogen and oxygen atoms in total. The predicted molar refractivity (Wildman–Crippen MR) is 71.7 cm³/mol. The van der Waals surface area contributed by atoms with Crippen molar-refractivity contribution in [1.29, 1.82) is 0 Å². The maximum Gasteiger partial charge on any atom is 0.263 e. The molecule has 0 unspecified atom stereocenters. The van der Waals surface area contributed by atoms with Crippen LogP contribution in [0.2, 0.25) is 0 Å². The summed E-state index contributed by atoms with van der Waals surface area (Å²) in [6.45, 7) is 0.593. The van der Waals surface area contributed by atoms with E-state index >= 15 is 0 Å². The molecule has 0 amide bonds. The van der Waals surface area contributed by atoms with E-state index in [-0.39, 0.29) is 5.56 Å². The van der Waals surface area contributed by atoms with Gasteiger partial charge < -0.3 is 10.1 Å². The Hall–Kier alpha value is -2.10. The quantitative estimate of drug-likeness (QED) is 0.871. The van der Waals surface area contributed by atoms with Gasteiger partial charge in [-0.2, -0.15) is 0 Å². The van der Waals surface area contributed by atoms with Gasteiger partial charge in [-0.05, 0) is 29.8 Å². The third kappa shape index (κ3) is 3.68. The van der Waals surface area contributed by atoms with Crippen molar-refractivity contribution in [2.75, 3.05) is 12.4 Å². The number of benzene rings is 2.